The summed E-state index contributed by atoms with van der Waals surface area (Å²) in [4.78, 5) is 4.26. The number of aromatic nitrogens is 1. The number of pyridine rings is 1. The lowest BCUT2D eigenvalue weighted by molar-refractivity contribution is 0.192. The van der Waals surface area contributed by atoms with Gasteiger partial charge in [-0.25, -0.2) is 4.98 Å². The van der Waals surface area contributed by atoms with Gasteiger partial charge < -0.3 is 10.1 Å². The topological polar surface area (TPSA) is 34.2 Å². The van der Waals surface area contributed by atoms with Crippen LogP contribution in [-0.2, 0) is 6.54 Å². The van der Waals surface area contributed by atoms with Crippen LogP contribution in [0.5, 0.6) is 5.88 Å². The lowest BCUT2D eigenvalue weighted by Gasteiger charge is -2.24. The molecule has 1 N–H and O–H groups in total. The summed E-state index contributed by atoms with van der Waals surface area (Å²) >= 11 is 0. The first kappa shape index (κ1) is 13.1. The van der Waals surface area contributed by atoms with Crippen molar-refractivity contribution >= 4 is 0 Å². The normalized spacial score (nSPS) is 23.0. The number of hydrogen-bond acceptors (Lipinski definition) is 3. The monoisotopic (exact) mass is 246 g/mol. The van der Waals surface area contributed by atoms with Crippen molar-refractivity contribution in [2.24, 2.45) is 11.8 Å². The molecule has 18 heavy (non-hydrogen) atoms. The zero-order valence-electron chi connectivity index (χ0n) is 11.2. The minimum atomic E-state index is 0.616. The highest BCUT2D eigenvalue weighted by Gasteiger charge is 2.18. The third-order valence-corrected chi connectivity index (χ3v) is 3.54. The van der Waals surface area contributed by atoms with E-state index in [0.717, 1.165) is 25.5 Å². The summed E-state index contributed by atoms with van der Waals surface area (Å²) < 4.78 is 5.83. The first-order valence-corrected chi connectivity index (χ1v) is 6.67. The number of allylic oxidation sites excluding steroid dienone is 2. The average molecular weight is 246 g/mol. The van der Waals surface area contributed by atoms with Gasteiger partial charge in [0.25, 0.3) is 0 Å². The number of rotatable bonds is 5. The van der Waals surface area contributed by atoms with E-state index in [2.05, 4.69) is 29.4 Å². The van der Waals surface area contributed by atoms with Gasteiger partial charge in [-0.3, -0.25) is 0 Å². The van der Waals surface area contributed by atoms with E-state index in [1.54, 1.807) is 0 Å². The SMILES string of the molecule is CNCc1ccnc(OCC2CC=CCC2C)c1. The van der Waals surface area contributed by atoms with Gasteiger partial charge >= 0.3 is 0 Å². The Morgan fingerprint density at radius 2 is 2.22 bits per heavy atom. The summed E-state index contributed by atoms with van der Waals surface area (Å²) in [5, 5.41) is 3.13. The third-order valence-electron chi connectivity index (χ3n) is 3.54. The number of nitrogens with one attached hydrogen (secondary N) is 1. The highest BCUT2D eigenvalue weighted by molar-refractivity contribution is 5.20. The maximum absolute atomic E-state index is 5.83. The Labute approximate surface area is 109 Å². The van der Waals surface area contributed by atoms with Gasteiger partial charge in [-0.05, 0) is 43.4 Å². The fraction of sp³-hybridized carbons (Fsp3) is 0.533. The van der Waals surface area contributed by atoms with E-state index in [0.29, 0.717) is 11.8 Å². The van der Waals surface area contributed by atoms with Gasteiger partial charge in [0.1, 0.15) is 0 Å². The third kappa shape index (κ3) is 3.57. The first-order chi connectivity index (χ1) is 8.79. The molecule has 2 unspecified atom stereocenters. The van der Waals surface area contributed by atoms with Crippen LogP contribution in [0.1, 0.15) is 25.3 Å². The Hall–Kier alpha value is -1.35. The van der Waals surface area contributed by atoms with E-state index in [-0.39, 0.29) is 0 Å². The van der Waals surface area contributed by atoms with Crippen LogP contribution in [0.2, 0.25) is 0 Å². The summed E-state index contributed by atoms with van der Waals surface area (Å²) in [6.07, 6.45) is 8.64. The molecule has 2 atom stereocenters. The summed E-state index contributed by atoms with van der Waals surface area (Å²) in [7, 11) is 1.94. The predicted octanol–water partition coefficient (Wildman–Crippen LogP) is 2.78. The molecule has 0 saturated carbocycles. The largest absolute Gasteiger partial charge is 0.477 e. The van der Waals surface area contributed by atoms with E-state index in [1.807, 2.05) is 25.4 Å². The van der Waals surface area contributed by atoms with Crippen molar-refractivity contribution < 1.29 is 4.74 Å². The molecular weight excluding hydrogens is 224 g/mol. The molecule has 3 heteroatoms. The van der Waals surface area contributed by atoms with Crippen LogP contribution in [0.4, 0.5) is 0 Å². The van der Waals surface area contributed by atoms with Crippen molar-refractivity contribution in [3.05, 3.63) is 36.0 Å². The van der Waals surface area contributed by atoms with Gasteiger partial charge in [-0.15, -0.1) is 0 Å². The second-order valence-electron chi connectivity index (χ2n) is 5.02. The zero-order valence-corrected chi connectivity index (χ0v) is 11.2. The maximum Gasteiger partial charge on any atom is 0.213 e. The van der Waals surface area contributed by atoms with Gasteiger partial charge in [0.2, 0.25) is 5.88 Å². The lowest BCUT2D eigenvalue weighted by atomic mass is 9.85. The Morgan fingerprint density at radius 3 is 3.00 bits per heavy atom. The maximum atomic E-state index is 5.83. The van der Waals surface area contributed by atoms with Crippen LogP contribution in [-0.4, -0.2) is 18.6 Å². The van der Waals surface area contributed by atoms with Crippen molar-refractivity contribution in [1.82, 2.24) is 10.3 Å². The van der Waals surface area contributed by atoms with Gasteiger partial charge in [0, 0.05) is 18.8 Å². The van der Waals surface area contributed by atoms with E-state index in [4.69, 9.17) is 4.74 Å². The van der Waals surface area contributed by atoms with Crippen LogP contribution >= 0.6 is 0 Å². The van der Waals surface area contributed by atoms with Crippen LogP contribution in [0, 0.1) is 11.8 Å². The van der Waals surface area contributed by atoms with E-state index < -0.39 is 0 Å². The summed E-state index contributed by atoms with van der Waals surface area (Å²) in [5.74, 6) is 2.06. The van der Waals surface area contributed by atoms with Crippen LogP contribution in [0.25, 0.3) is 0 Å². The average Bonchev–Trinajstić information content (AvgIpc) is 2.39. The second kappa shape index (κ2) is 6.55. The van der Waals surface area contributed by atoms with Gasteiger partial charge in [-0.1, -0.05) is 19.1 Å². The molecule has 0 aliphatic heterocycles. The van der Waals surface area contributed by atoms with Crippen molar-refractivity contribution in [3.8, 4) is 5.88 Å². The van der Waals surface area contributed by atoms with Gasteiger partial charge in [0.05, 0.1) is 6.61 Å². The summed E-state index contributed by atoms with van der Waals surface area (Å²) in [6, 6.07) is 4.02. The lowest BCUT2D eigenvalue weighted by Crippen LogP contribution is -2.21. The first-order valence-electron chi connectivity index (χ1n) is 6.67. The van der Waals surface area contributed by atoms with Crippen LogP contribution in [0.15, 0.2) is 30.5 Å². The molecule has 3 nitrogen and oxygen atoms in total. The Kier molecular flexibility index (Phi) is 4.76. The zero-order chi connectivity index (χ0) is 12.8. The highest BCUT2D eigenvalue weighted by Crippen LogP contribution is 2.25. The van der Waals surface area contributed by atoms with Crippen molar-refractivity contribution in [2.45, 2.75) is 26.3 Å². The molecule has 0 bridgehead atoms. The number of nitrogens with zero attached hydrogens (tertiary/aromatic N) is 1. The van der Waals surface area contributed by atoms with E-state index in [1.165, 1.54) is 12.0 Å². The molecular formula is C15H22N2O. The van der Waals surface area contributed by atoms with E-state index in [9.17, 15) is 0 Å². The number of hydrogen-bond donors (Lipinski definition) is 1. The molecule has 0 spiro atoms. The van der Waals surface area contributed by atoms with Crippen LogP contribution < -0.4 is 10.1 Å². The molecule has 1 aliphatic rings. The predicted molar refractivity (Wildman–Crippen MR) is 73.5 cm³/mol. The van der Waals surface area contributed by atoms with Crippen molar-refractivity contribution in [2.75, 3.05) is 13.7 Å². The smallest absolute Gasteiger partial charge is 0.213 e. The number of ether oxygens (including phenoxy) is 1. The molecule has 1 aliphatic carbocycles. The van der Waals surface area contributed by atoms with Crippen molar-refractivity contribution in [1.29, 1.82) is 0 Å². The molecule has 1 aromatic heterocycles. The fourth-order valence-electron chi connectivity index (χ4n) is 2.27. The molecule has 0 fully saturated rings. The summed E-state index contributed by atoms with van der Waals surface area (Å²) in [5.41, 5.74) is 1.21. The molecule has 0 aromatic carbocycles. The Balaban J connectivity index is 1.89. The van der Waals surface area contributed by atoms with E-state index >= 15 is 0 Å². The molecule has 0 saturated heterocycles. The fourth-order valence-corrected chi connectivity index (χ4v) is 2.27. The molecule has 0 radical (unpaired) electrons. The quantitative estimate of drug-likeness (QED) is 0.811. The van der Waals surface area contributed by atoms with Crippen molar-refractivity contribution in [3.63, 3.8) is 0 Å². The minimum absolute atomic E-state index is 0.616. The summed E-state index contributed by atoms with van der Waals surface area (Å²) in [6.45, 7) is 3.91. The van der Waals surface area contributed by atoms with Gasteiger partial charge in [-0.2, -0.15) is 0 Å². The molecule has 1 aromatic rings. The second-order valence-corrected chi connectivity index (χ2v) is 5.02. The van der Waals surface area contributed by atoms with Crippen LogP contribution in [0.3, 0.4) is 0 Å². The molecule has 1 heterocycles. The molecule has 0 amide bonds. The molecule has 98 valence electrons. The highest BCUT2D eigenvalue weighted by atomic mass is 16.5. The Morgan fingerprint density at radius 1 is 1.39 bits per heavy atom. The Bertz CT molecular complexity index is 403. The standard InChI is InChI=1S/C15H22N2O/c1-12-5-3-4-6-14(12)11-18-15-9-13(10-16-2)7-8-17-15/h3-4,7-9,12,14,16H,5-6,10-11H2,1-2H3. The molecule has 2 rings (SSSR count). The van der Waals surface area contributed by atoms with Gasteiger partial charge in [0.15, 0.2) is 0 Å². The minimum Gasteiger partial charge on any atom is -0.477 e.